The van der Waals surface area contributed by atoms with Gasteiger partial charge in [0.25, 0.3) is 6.02 Å². The van der Waals surface area contributed by atoms with Gasteiger partial charge in [0, 0.05) is 12.5 Å². The number of hydrogen-bond donors (Lipinski definition) is 1. The zero-order chi connectivity index (χ0) is 13.1. The molecule has 0 saturated carbocycles. The molecule has 0 spiro atoms. The van der Waals surface area contributed by atoms with E-state index in [4.69, 9.17) is 26.8 Å². The largest absolute Gasteiger partial charge is 0.491 e. The first-order valence-electron chi connectivity index (χ1n) is 5.62. The van der Waals surface area contributed by atoms with Crippen LogP contribution >= 0.6 is 11.6 Å². The van der Waals surface area contributed by atoms with E-state index in [-0.39, 0.29) is 23.2 Å². The normalized spacial score (nSPS) is 20.2. The van der Waals surface area contributed by atoms with E-state index in [1.807, 2.05) is 6.92 Å². The summed E-state index contributed by atoms with van der Waals surface area (Å²) in [4.78, 5) is 4.11. The van der Waals surface area contributed by atoms with Crippen molar-refractivity contribution in [2.45, 2.75) is 25.5 Å². The van der Waals surface area contributed by atoms with Crippen LogP contribution in [0.2, 0.25) is 5.02 Å². The molecular weight excluding hydrogens is 259 g/mol. The SMILES string of the molecule is CC(CC1COC(N)=N1)Oc1ccc(F)c(Cl)c1. The summed E-state index contributed by atoms with van der Waals surface area (Å²) in [6, 6.07) is 4.50. The van der Waals surface area contributed by atoms with Crippen LogP contribution in [0.4, 0.5) is 4.39 Å². The zero-order valence-corrected chi connectivity index (χ0v) is 10.7. The molecule has 98 valence electrons. The Balaban J connectivity index is 1.90. The van der Waals surface area contributed by atoms with E-state index in [0.717, 1.165) is 0 Å². The van der Waals surface area contributed by atoms with E-state index in [2.05, 4.69) is 4.99 Å². The third-order valence-electron chi connectivity index (χ3n) is 2.57. The Morgan fingerprint density at radius 2 is 2.44 bits per heavy atom. The minimum Gasteiger partial charge on any atom is -0.491 e. The highest BCUT2D eigenvalue weighted by Crippen LogP contribution is 2.23. The standard InChI is InChI=1S/C12H14ClFN2O2/c1-7(4-8-6-17-12(15)16-8)18-9-2-3-11(14)10(13)5-9/h2-3,5,7-8H,4,6H2,1H3,(H2,15,16). The lowest BCUT2D eigenvalue weighted by molar-refractivity contribution is 0.189. The molecule has 1 heterocycles. The molecule has 1 aliphatic heterocycles. The molecule has 0 aromatic heterocycles. The van der Waals surface area contributed by atoms with Gasteiger partial charge in [-0.05, 0) is 19.1 Å². The smallest absolute Gasteiger partial charge is 0.282 e. The van der Waals surface area contributed by atoms with Crippen LogP contribution in [0.25, 0.3) is 0 Å². The molecule has 18 heavy (non-hydrogen) atoms. The maximum Gasteiger partial charge on any atom is 0.282 e. The summed E-state index contributed by atoms with van der Waals surface area (Å²) >= 11 is 5.67. The summed E-state index contributed by atoms with van der Waals surface area (Å²) in [5.74, 6) is 0.0722. The highest BCUT2D eigenvalue weighted by Gasteiger charge is 2.20. The van der Waals surface area contributed by atoms with E-state index < -0.39 is 5.82 Å². The Hall–Kier alpha value is -1.49. The molecule has 1 aromatic carbocycles. The van der Waals surface area contributed by atoms with Gasteiger partial charge < -0.3 is 15.2 Å². The average molecular weight is 273 g/mol. The highest BCUT2D eigenvalue weighted by atomic mass is 35.5. The van der Waals surface area contributed by atoms with Gasteiger partial charge in [0.1, 0.15) is 18.2 Å². The fraction of sp³-hybridized carbons (Fsp3) is 0.417. The second-order valence-electron chi connectivity index (χ2n) is 4.17. The molecule has 2 atom stereocenters. The molecule has 4 nitrogen and oxygen atoms in total. The van der Waals surface area contributed by atoms with Crippen molar-refractivity contribution in [1.29, 1.82) is 0 Å². The van der Waals surface area contributed by atoms with E-state index in [1.54, 1.807) is 6.07 Å². The first kappa shape index (κ1) is 13.0. The van der Waals surface area contributed by atoms with Crippen LogP contribution in [0.1, 0.15) is 13.3 Å². The molecule has 0 aliphatic carbocycles. The van der Waals surface area contributed by atoms with Crippen molar-refractivity contribution in [3.05, 3.63) is 29.0 Å². The van der Waals surface area contributed by atoms with Crippen molar-refractivity contribution in [2.24, 2.45) is 10.7 Å². The summed E-state index contributed by atoms with van der Waals surface area (Å²) in [7, 11) is 0. The Bertz CT molecular complexity index is 467. The van der Waals surface area contributed by atoms with Crippen molar-refractivity contribution < 1.29 is 13.9 Å². The number of benzene rings is 1. The van der Waals surface area contributed by atoms with Gasteiger partial charge in [-0.15, -0.1) is 0 Å². The Kier molecular flexibility index (Phi) is 3.91. The van der Waals surface area contributed by atoms with Gasteiger partial charge in [0.05, 0.1) is 17.2 Å². The van der Waals surface area contributed by atoms with Crippen LogP contribution in [-0.2, 0) is 4.74 Å². The van der Waals surface area contributed by atoms with Crippen molar-refractivity contribution in [2.75, 3.05) is 6.61 Å². The van der Waals surface area contributed by atoms with Crippen LogP contribution in [0.3, 0.4) is 0 Å². The molecule has 1 aliphatic rings. The first-order chi connectivity index (χ1) is 8.54. The maximum atomic E-state index is 13.0. The number of nitrogens with zero attached hydrogens (tertiary/aromatic N) is 1. The van der Waals surface area contributed by atoms with E-state index >= 15 is 0 Å². The maximum absolute atomic E-state index is 13.0. The molecule has 0 amide bonds. The average Bonchev–Trinajstić information content (AvgIpc) is 2.69. The zero-order valence-electron chi connectivity index (χ0n) is 9.90. The molecule has 0 fully saturated rings. The fourth-order valence-electron chi connectivity index (χ4n) is 1.77. The Labute approximate surface area is 110 Å². The number of nitrogens with two attached hydrogens (primary N) is 1. The summed E-state index contributed by atoms with van der Waals surface area (Å²) in [5, 5.41) is 0.0474. The molecule has 2 N–H and O–H groups in total. The van der Waals surface area contributed by atoms with E-state index in [1.165, 1.54) is 12.1 Å². The van der Waals surface area contributed by atoms with Gasteiger partial charge >= 0.3 is 0 Å². The van der Waals surface area contributed by atoms with Crippen molar-refractivity contribution in [1.82, 2.24) is 0 Å². The monoisotopic (exact) mass is 272 g/mol. The first-order valence-corrected chi connectivity index (χ1v) is 6.00. The lowest BCUT2D eigenvalue weighted by Crippen LogP contribution is -2.20. The van der Waals surface area contributed by atoms with Crippen molar-refractivity contribution >= 4 is 17.6 Å². The predicted molar refractivity (Wildman–Crippen MR) is 67.5 cm³/mol. The number of halogens is 2. The Morgan fingerprint density at radius 3 is 3.06 bits per heavy atom. The van der Waals surface area contributed by atoms with Gasteiger partial charge in [0.15, 0.2) is 0 Å². The minimum atomic E-state index is -0.460. The van der Waals surface area contributed by atoms with Gasteiger partial charge in [-0.25, -0.2) is 9.38 Å². The summed E-state index contributed by atoms with van der Waals surface area (Å²) in [6.07, 6.45) is 0.588. The van der Waals surface area contributed by atoms with Crippen LogP contribution in [0, 0.1) is 5.82 Å². The van der Waals surface area contributed by atoms with Crippen LogP contribution < -0.4 is 10.5 Å². The quantitative estimate of drug-likeness (QED) is 0.915. The molecule has 0 saturated heterocycles. The number of aliphatic imine (C=N–C) groups is 1. The number of hydrogen-bond acceptors (Lipinski definition) is 4. The van der Waals surface area contributed by atoms with E-state index in [0.29, 0.717) is 18.8 Å². The molecule has 2 rings (SSSR count). The molecule has 0 bridgehead atoms. The van der Waals surface area contributed by atoms with Crippen molar-refractivity contribution in [3.8, 4) is 5.75 Å². The predicted octanol–water partition coefficient (Wildman–Crippen LogP) is 2.35. The molecule has 2 unspecified atom stereocenters. The molecular formula is C12H14ClFN2O2. The third kappa shape index (κ3) is 3.26. The lowest BCUT2D eigenvalue weighted by atomic mass is 10.1. The van der Waals surface area contributed by atoms with Gasteiger partial charge in [-0.3, -0.25) is 0 Å². The summed E-state index contributed by atoms with van der Waals surface area (Å²) < 4.78 is 23.7. The Morgan fingerprint density at radius 1 is 1.67 bits per heavy atom. The third-order valence-corrected chi connectivity index (χ3v) is 2.86. The molecule has 0 radical (unpaired) electrons. The topological polar surface area (TPSA) is 56.8 Å². The second kappa shape index (κ2) is 5.44. The molecule has 1 aromatic rings. The van der Waals surface area contributed by atoms with Crippen LogP contribution in [0.5, 0.6) is 5.75 Å². The lowest BCUT2D eigenvalue weighted by Gasteiger charge is -2.16. The molecule has 6 heteroatoms. The van der Waals surface area contributed by atoms with Gasteiger partial charge in [-0.2, -0.15) is 0 Å². The van der Waals surface area contributed by atoms with Crippen molar-refractivity contribution in [3.63, 3.8) is 0 Å². The van der Waals surface area contributed by atoms with Gasteiger partial charge in [0.2, 0.25) is 0 Å². The van der Waals surface area contributed by atoms with E-state index in [9.17, 15) is 4.39 Å². The number of amidine groups is 1. The van der Waals surface area contributed by atoms with Crippen LogP contribution in [0.15, 0.2) is 23.2 Å². The summed E-state index contributed by atoms with van der Waals surface area (Å²) in [5.41, 5.74) is 5.42. The van der Waals surface area contributed by atoms with Crippen LogP contribution in [-0.4, -0.2) is 24.8 Å². The number of rotatable bonds is 4. The van der Waals surface area contributed by atoms with Gasteiger partial charge in [-0.1, -0.05) is 11.6 Å². The highest BCUT2D eigenvalue weighted by molar-refractivity contribution is 6.30. The summed E-state index contributed by atoms with van der Waals surface area (Å²) in [6.45, 7) is 2.38. The minimum absolute atomic E-state index is 0.0101. The number of ether oxygens (including phenoxy) is 2. The second-order valence-corrected chi connectivity index (χ2v) is 4.58. The fourth-order valence-corrected chi connectivity index (χ4v) is 1.94.